The molecule has 2 fully saturated rings. The Balaban J connectivity index is 0.000000152. The maximum Gasteiger partial charge on any atom is 4.00 e. The van der Waals surface area contributed by atoms with E-state index in [1.54, 1.807) is 24.8 Å². The van der Waals surface area contributed by atoms with Gasteiger partial charge in [-0.05, 0) is 74.6 Å². The molecule has 0 aromatic carbocycles. The van der Waals surface area contributed by atoms with Crippen LogP contribution in [-0.4, -0.2) is 39.1 Å². The number of nitrogens with zero attached hydrogens (tertiary/aromatic N) is 10. The van der Waals surface area contributed by atoms with Crippen molar-refractivity contribution in [3.8, 4) is 0 Å². The second-order valence-corrected chi connectivity index (χ2v) is 8.03. The monoisotopic (exact) mass is 488 g/mol. The van der Waals surface area contributed by atoms with E-state index in [4.69, 9.17) is 10.6 Å². The van der Waals surface area contributed by atoms with E-state index >= 15 is 0 Å². The largest absolute Gasteiger partial charge is 4.00 e. The normalized spacial score (nSPS) is 25.0. The van der Waals surface area contributed by atoms with E-state index in [9.17, 15) is 0 Å². The minimum Gasteiger partial charge on any atom is -0.619 e. The molecule has 0 radical (unpaired) electrons. The number of aromatic nitrogens is 8. The van der Waals surface area contributed by atoms with Gasteiger partial charge in [-0.1, -0.05) is 12.8 Å². The van der Waals surface area contributed by atoms with Crippen LogP contribution in [0.5, 0.6) is 0 Å². The zero-order chi connectivity index (χ0) is 21.6. The Morgan fingerprint density at radius 2 is 0.758 bits per heavy atom. The molecule has 4 aromatic rings. The SMILES string of the molecule is [Fe+4].c1cnn(C2CCCC(n3cccn3)[N-]2)c1.c1cnn(C2CCCC(n3cccn3)[N-]2)c1. The molecule has 0 bridgehead atoms. The van der Waals surface area contributed by atoms with Gasteiger partial charge in [0.1, 0.15) is 0 Å². The predicted octanol–water partition coefficient (Wildman–Crippen LogP) is 4.67. The average molecular weight is 488 g/mol. The second kappa shape index (κ2) is 11.4. The van der Waals surface area contributed by atoms with Gasteiger partial charge in [-0.2, -0.15) is 20.4 Å². The van der Waals surface area contributed by atoms with E-state index in [1.807, 2.05) is 67.8 Å². The average Bonchev–Trinajstić information content (AvgIpc) is 3.68. The summed E-state index contributed by atoms with van der Waals surface area (Å²) in [5, 5.41) is 26.5. The van der Waals surface area contributed by atoms with Crippen molar-refractivity contribution in [2.75, 3.05) is 0 Å². The van der Waals surface area contributed by atoms with Gasteiger partial charge in [-0.15, -0.1) is 0 Å². The molecule has 11 heteroatoms. The predicted molar refractivity (Wildman–Crippen MR) is 119 cm³/mol. The van der Waals surface area contributed by atoms with Gasteiger partial charge in [0.05, 0.1) is 0 Å². The summed E-state index contributed by atoms with van der Waals surface area (Å²) in [6.45, 7) is 0. The molecule has 2 aliphatic heterocycles. The maximum absolute atomic E-state index is 4.77. The third kappa shape index (κ3) is 5.80. The minimum absolute atomic E-state index is 0. The topological polar surface area (TPSA) is 99.5 Å². The first kappa shape index (κ1) is 23.4. The van der Waals surface area contributed by atoms with Gasteiger partial charge in [0.25, 0.3) is 0 Å². The molecule has 4 atom stereocenters. The van der Waals surface area contributed by atoms with Gasteiger partial charge < -0.3 is 10.6 Å². The summed E-state index contributed by atoms with van der Waals surface area (Å²) in [5.41, 5.74) is 0. The molecule has 0 aliphatic carbocycles. The van der Waals surface area contributed by atoms with Crippen molar-refractivity contribution in [1.29, 1.82) is 0 Å². The quantitative estimate of drug-likeness (QED) is 0.390. The van der Waals surface area contributed by atoms with Crippen molar-refractivity contribution in [3.05, 3.63) is 84.5 Å². The van der Waals surface area contributed by atoms with Crippen LogP contribution in [0.25, 0.3) is 10.6 Å². The smallest absolute Gasteiger partial charge is 0.619 e. The summed E-state index contributed by atoms with van der Waals surface area (Å²) in [5.74, 6) is 0. The molecular formula is C22H28FeN10+2. The molecule has 0 N–H and O–H groups in total. The third-order valence-corrected chi connectivity index (χ3v) is 5.86. The fourth-order valence-electron chi connectivity index (χ4n) is 4.29. The van der Waals surface area contributed by atoms with Crippen LogP contribution in [0, 0.1) is 0 Å². The summed E-state index contributed by atoms with van der Waals surface area (Å²) in [7, 11) is 0. The van der Waals surface area contributed by atoms with Crippen LogP contribution in [0.1, 0.15) is 63.2 Å². The van der Waals surface area contributed by atoms with Gasteiger partial charge >= 0.3 is 17.1 Å². The molecule has 0 saturated carbocycles. The van der Waals surface area contributed by atoms with Crippen molar-refractivity contribution in [2.24, 2.45) is 0 Å². The summed E-state index contributed by atoms with van der Waals surface area (Å²) in [6.07, 6.45) is 22.3. The van der Waals surface area contributed by atoms with Crippen molar-refractivity contribution in [1.82, 2.24) is 39.1 Å². The van der Waals surface area contributed by atoms with Crippen LogP contribution in [0.4, 0.5) is 0 Å². The van der Waals surface area contributed by atoms with Crippen molar-refractivity contribution in [2.45, 2.75) is 63.2 Å². The van der Waals surface area contributed by atoms with E-state index in [-0.39, 0.29) is 41.7 Å². The number of rotatable bonds is 4. The van der Waals surface area contributed by atoms with Gasteiger partial charge in [0.15, 0.2) is 0 Å². The Bertz CT molecular complexity index is 849. The first-order chi connectivity index (χ1) is 15.9. The maximum atomic E-state index is 4.77. The minimum atomic E-state index is 0. The number of hydrogen-bond acceptors (Lipinski definition) is 4. The van der Waals surface area contributed by atoms with Crippen molar-refractivity contribution >= 4 is 0 Å². The zero-order valence-corrected chi connectivity index (χ0v) is 19.4. The summed E-state index contributed by atoms with van der Waals surface area (Å²) in [6, 6.07) is 7.75. The number of hydrogen-bond donors (Lipinski definition) is 0. The van der Waals surface area contributed by atoms with E-state index in [0.717, 1.165) is 25.7 Å². The Morgan fingerprint density at radius 1 is 0.485 bits per heavy atom. The zero-order valence-electron chi connectivity index (χ0n) is 18.3. The first-order valence-corrected chi connectivity index (χ1v) is 11.2. The van der Waals surface area contributed by atoms with Crippen LogP contribution in [0.3, 0.4) is 0 Å². The fourth-order valence-corrected chi connectivity index (χ4v) is 4.29. The van der Waals surface area contributed by atoms with E-state index in [1.165, 1.54) is 12.8 Å². The van der Waals surface area contributed by atoms with Crippen LogP contribution >= 0.6 is 0 Å². The van der Waals surface area contributed by atoms with Crippen LogP contribution in [0.15, 0.2) is 73.8 Å². The molecule has 6 rings (SSSR count). The van der Waals surface area contributed by atoms with Crippen LogP contribution < -0.4 is 0 Å². The van der Waals surface area contributed by atoms with Crippen molar-refractivity contribution < 1.29 is 17.1 Å². The molecule has 2 aliphatic rings. The summed E-state index contributed by atoms with van der Waals surface area (Å²) >= 11 is 0. The van der Waals surface area contributed by atoms with Crippen LogP contribution in [0.2, 0.25) is 0 Å². The third-order valence-electron chi connectivity index (χ3n) is 5.86. The summed E-state index contributed by atoms with van der Waals surface area (Å²) in [4.78, 5) is 0. The molecule has 33 heavy (non-hydrogen) atoms. The van der Waals surface area contributed by atoms with Crippen LogP contribution in [-0.2, 0) is 17.1 Å². The molecule has 172 valence electrons. The fraction of sp³-hybridized carbons (Fsp3) is 0.455. The van der Waals surface area contributed by atoms with E-state index in [2.05, 4.69) is 20.4 Å². The summed E-state index contributed by atoms with van der Waals surface area (Å²) < 4.78 is 7.70. The molecule has 10 nitrogen and oxygen atoms in total. The second-order valence-electron chi connectivity index (χ2n) is 8.03. The Kier molecular flexibility index (Phi) is 8.11. The Hall–Kier alpha value is -2.72. The molecular weight excluding hydrogens is 460 g/mol. The molecule has 6 heterocycles. The van der Waals surface area contributed by atoms with E-state index < -0.39 is 0 Å². The molecule has 4 unspecified atom stereocenters. The van der Waals surface area contributed by atoms with Gasteiger partial charge in [-0.3, -0.25) is 18.7 Å². The van der Waals surface area contributed by atoms with Gasteiger partial charge in [-0.25, -0.2) is 0 Å². The molecule has 2 saturated heterocycles. The molecule has 0 spiro atoms. The van der Waals surface area contributed by atoms with Crippen molar-refractivity contribution in [3.63, 3.8) is 0 Å². The molecule has 0 amide bonds. The Morgan fingerprint density at radius 3 is 0.970 bits per heavy atom. The van der Waals surface area contributed by atoms with E-state index in [0.29, 0.717) is 0 Å². The van der Waals surface area contributed by atoms with Gasteiger partial charge in [0.2, 0.25) is 0 Å². The Labute approximate surface area is 203 Å². The molecule has 4 aromatic heterocycles. The standard InChI is InChI=1S/2C11H14N5.Fe/c2*1-4-10(15-8-2-6-12-15)14-11(5-1)16-9-3-7-13-16;/h2*2-3,6-11H,1,4-5H2;/q2*-1;+4. The van der Waals surface area contributed by atoms with Gasteiger partial charge in [0, 0.05) is 49.6 Å². The first-order valence-electron chi connectivity index (χ1n) is 11.2. The number of piperidine rings is 2.